The zero-order valence-electron chi connectivity index (χ0n) is 15.2. The first kappa shape index (κ1) is 17.0. The maximum absolute atomic E-state index is 13.0. The number of nitrogens with zero attached hydrogens (tertiary/aromatic N) is 1. The van der Waals surface area contributed by atoms with Gasteiger partial charge < -0.3 is 10.4 Å². The van der Waals surface area contributed by atoms with Crippen LogP contribution in [0, 0.1) is 19.8 Å². The Kier molecular flexibility index (Phi) is 4.17. The Morgan fingerprint density at radius 2 is 1.88 bits per heavy atom. The van der Waals surface area contributed by atoms with Gasteiger partial charge in [-0.05, 0) is 63.6 Å². The molecule has 2 N–H and O–H groups in total. The zero-order valence-corrected chi connectivity index (χ0v) is 15.2. The molecule has 5 nitrogen and oxygen atoms in total. The van der Waals surface area contributed by atoms with E-state index in [0.717, 1.165) is 47.0 Å². The van der Waals surface area contributed by atoms with E-state index >= 15 is 0 Å². The number of carbonyl (C=O) groups excluding carboxylic acids is 1. The number of rotatable bonds is 4. The van der Waals surface area contributed by atoms with E-state index in [1.807, 2.05) is 26.0 Å². The lowest BCUT2D eigenvalue weighted by Crippen LogP contribution is -2.33. The van der Waals surface area contributed by atoms with E-state index in [2.05, 4.69) is 11.4 Å². The van der Waals surface area contributed by atoms with Gasteiger partial charge in [-0.25, -0.2) is 0 Å². The smallest absolute Gasteiger partial charge is 0.306 e. The van der Waals surface area contributed by atoms with Crippen molar-refractivity contribution in [2.24, 2.45) is 5.92 Å². The van der Waals surface area contributed by atoms with Gasteiger partial charge in [0.1, 0.15) is 0 Å². The molecule has 0 bridgehead atoms. The van der Waals surface area contributed by atoms with Gasteiger partial charge in [-0.1, -0.05) is 11.6 Å². The molecule has 1 aromatic heterocycles. The minimum absolute atomic E-state index is 0.0675. The standard InChI is InChI=1S/C21H24N2O3/c1-11-7-12(2)19-16(8-11)17(10-18(23-19)13-3-4-13)20(24)22-15-6-5-14(9-15)21(25)26/h7-8,10,13-15H,3-6,9H2,1-2H3,(H,22,24)(H,25,26)/t14-,15+/m0/s1. The normalized spacial score (nSPS) is 22.5. The molecule has 2 aliphatic carbocycles. The van der Waals surface area contributed by atoms with Crippen LogP contribution in [0.4, 0.5) is 0 Å². The number of hydrogen-bond acceptors (Lipinski definition) is 3. The number of amides is 1. The van der Waals surface area contributed by atoms with Crippen molar-refractivity contribution in [1.29, 1.82) is 0 Å². The van der Waals surface area contributed by atoms with Crippen molar-refractivity contribution < 1.29 is 14.7 Å². The number of hydrogen-bond donors (Lipinski definition) is 2. The lowest BCUT2D eigenvalue weighted by Gasteiger charge is -2.16. The lowest BCUT2D eigenvalue weighted by atomic mass is 10.00. The fourth-order valence-electron chi connectivity index (χ4n) is 4.08. The highest BCUT2D eigenvalue weighted by Crippen LogP contribution is 2.40. The Bertz CT molecular complexity index is 902. The molecule has 2 aromatic rings. The van der Waals surface area contributed by atoms with Crippen LogP contribution in [0.15, 0.2) is 18.2 Å². The highest BCUT2D eigenvalue weighted by Gasteiger charge is 2.32. The molecular formula is C21H24N2O3. The van der Waals surface area contributed by atoms with Crippen LogP contribution in [-0.2, 0) is 4.79 Å². The number of benzene rings is 1. The van der Waals surface area contributed by atoms with Crippen molar-refractivity contribution in [2.45, 2.75) is 57.9 Å². The third-order valence-corrected chi connectivity index (χ3v) is 5.63. The first-order valence-electron chi connectivity index (χ1n) is 9.38. The number of aliphatic carboxylic acids is 1. The summed E-state index contributed by atoms with van der Waals surface area (Å²) < 4.78 is 0. The molecule has 2 fully saturated rings. The quantitative estimate of drug-likeness (QED) is 0.879. The second-order valence-corrected chi connectivity index (χ2v) is 7.87. The first-order chi connectivity index (χ1) is 12.4. The summed E-state index contributed by atoms with van der Waals surface area (Å²) in [5.41, 5.74) is 4.77. The zero-order chi connectivity index (χ0) is 18.4. The van der Waals surface area contributed by atoms with Gasteiger partial charge in [-0.3, -0.25) is 14.6 Å². The van der Waals surface area contributed by atoms with Crippen LogP contribution < -0.4 is 5.32 Å². The highest BCUT2D eigenvalue weighted by atomic mass is 16.4. The topological polar surface area (TPSA) is 79.3 Å². The number of nitrogens with one attached hydrogen (secondary N) is 1. The first-order valence-corrected chi connectivity index (χ1v) is 9.38. The van der Waals surface area contributed by atoms with Crippen LogP contribution in [-0.4, -0.2) is 28.0 Å². The fraction of sp³-hybridized carbons (Fsp3) is 0.476. The van der Waals surface area contributed by atoms with Crippen molar-refractivity contribution >= 4 is 22.8 Å². The number of carboxylic acid groups (broad SMARTS) is 1. The summed E-state index contributed by atoms with van der Waals surface area (Å²) in [7, 11) is 0. The number of fused-ring (bicyclic) bond motifs is 1. The summed E-state index contributed by atoms with van der Waals surface area (Å²) in [4.78, 5) is 29.0. The molecule has 2 atom stereocenters. The van der Waals surface area contributed by atoms with Crippen LogP contribution in [0.1, 0.15) is 65.2 Å². The summed E-state index contributed by atoms with van der Waals surface area (Å²) in [6.45, 7) is 4.06. The molecule has 0 unspecified atom stereocenters. The maximum atomic E-state index is 13.0. The Balaban J connectivity index is 1.68. The van der Waals surface area contributed by atoms with Crippen molar-refractivity contribution in [2.75, 3.05) is 0 Å². The van der Waals surface area contributed by atoms with E-state index in [0.29, 0.717) is 24.3 Å². The van der Waals surface area contributed by atoms with Crippen molar-refractivity contribution in [1.82, 2.24) is 10.3 Å². The summed E-state index contributed by atoms with van der Waals surface area (Å²) in [6.07, 6.45) is 4.13. The second kappa shape index (κ2) is 6.38. The van der Waals surface area contributed by atoms with E-state index in [1.165, 1.54) is 0 Å². The van der Waals surface area contributed by atoms with Gasteiger partial charge in [0.25, 0.3) is 5.91 Å². The Morgan fingerprint density at radius 3 is 2.54 bits per heavy atom. The third kappa shape index (κ3) is 3.18. The molecule has 0 aliphatic heterocycles. The molecule has 0 radical (unpaired) electrons. The molecule has 0 spiro atoms. The minimum Gasteiger partial charge on any atom is -0.481 e. The van der Waals surface area contributed by atoms with Gasteiger partial charge in [0, 0.05) is 23.0 Å². The number of aromatic nitrogens is 1. The predicted molar refractivity (Wildman–Crippen MR) is 99.4 cm³/mol. The molecule has 1 aromatic carbocycles. The van der Waals surface area contributed by atoms with Crippen molar-refractivity contribution in [3.63, 3.8) is 0 Å². The van der Waals surface area contributed by atoms with Gasteiger partial charge in [-0.2, -0.15) is 0 Å². The van der Waals surface area contributed by atoms with Gasteiger partial charge in [-0.15, -0.1) is 0 Å². The molecule has 26 heavy (non-hydrogen) atoms. The Morgan fingerprint density at radius 1 is 1.12 bits per heavy atom. The van der Waals surface area contributed by atoms with Crippen LogP contribution in [0.2, 0.25) is 0 Å². The lowest BCUT2D eigenvalue weighted by molar-refractivity contribution is -0.141. The van der Waals surface area contributed by atoms with E-state index in [9.17, 15) is 9.59 Å². The van der Waals surface area contributed by atoms with E-state index in [-0.39, 0.29) is 17.9 Å². The molecule has 136 valence electrons. The van der Waals surface area contributed by atoms with Crippen LogP contribution >= 0.6 is 0 Å². The second-order valence-electron chi connectivity index (χ2n) is 7.87. The predicted octanol–water partition coefficient (Wildman–Crippen LogP) is 3.71. The van der Waals surface area contributed by atoms with Gasteiger partial charge in [0.2, 0.25) is 0 Å². The van der Waals surface area contributed by atoms with Crippen LogP contribution in [0.3, 0.4) is 0 Å². The number of carboxylic acids is 1. The Hall–Kier alpha value is -2.43. The molecule has 2 saturated carbocycles. The summed E-state index contributed by atoms with van der Waals surface area (Å²) >= 11 is 0. The largest absolute Gasteiger partial charge is 0.481 e. The fourth-order valence-corrected chi connectivity index (χ4v) is 4.08. The number of carbonyl (C=O) groups is 2. The summed E-state index contributed by atoms with van der Waals surface area (Å²) in [5, 5.41) is 13.1. The SMILES string of the molecule is Cc1cc(C)c2nc(C3CC3)cc(C(=O)N[C@@H]3CC[C@H](C(=O)O)C3)c2c1. The molecule has 1 heterocycles. The molecule has 4 rings (SSSR count). The highest BCUT2D eigenvalue weighted by molar-refractivity contribution is 6.07. The Labute approximate surface area is 152 Å². The molecule has 5 heteroatoms. The maximum Gasteiger partial charge on any atom is 0.306 e. The average Bonchev–Trinajstić information content (AvgIpc) is 3.33. The molecule has 2 aliphatic rings. The van der Waals surface area contributed by atoms with Crippen molar-refractivity contribution in [3.05, 3.63) is 40.6 Å². The molecular weight excluding hydrogens is 328 g/mol. The van der Waals surface area contributed by atoms with E-state index < -0.39 is 5.97 Å². The van der Waals surface area contributed by atoms with E-state index in [4.69, 9.17) is 10.1 Å². The minimum atomic E-state index is -0.765. The van der Waals surface area contributed by atoms with Gasteiger partial charge >= 0.3 is 5.97 Å². The van der Waals surface area contributed by atoms with Gasteiger partial charge in [0.05, 0.1) is 17.0 Å². The molecule has 1 amide bonds. The van der Waals surface area contributed by atoms with Crippen LogP contribution in [0.5, 0.6) is 0 Å². The molecule has 0 saturated heterocycles. The summed E-state index contributed by atoms with van der Waals surface area (Å²) in [5.74, 6) is -0.755. The number of pyridine rings is 1. The van der Waals surface area contributed by atoms with Gasteiger partial charge in [0.15, 0.2) is 0 Å². The number of aryl methyl sites for hydroxylation is 2. The summed E-state index contributed by atoms with van der Waals surface area (Å²) in [6, 6.07) is 6.00. The average molecular weight is 352 g/mol. The van der Waals surface area contributed by atoms with Crippen molar-refractivity contribution in [3.8, 4) is 0 Å². The third-order valence-electron chi connectivity index (χ3n) is 5.63. The monoisotopic (exact) mass is 352 g/mol. The van der Waals surface area contributed by atoms with E-state index in [1.54, 1.807) is 0 Å². The van der Waals surface area contributed by atoms with Crippen LogP contribution in [0.25, 0.3) is 10.9 Å².